The largest absolute Gasteiger partial charge is 0.309 e. The van der Waals surface area contributed by atoms with Crippen LogP contribution in [0.25, 0.3) is 65.8 Å². The molecular weight excluding hydrogens is 556 g/mol. The van der Waals surface area contributed by atoms with E-state index in [-0.39, 0.29) is 0 Å². The number of hydrogen-bond acceptors (Lipinski definition) is 0. The summed E-state index contributed by atoms with van der Waals surface area (Å²) < 4.78 is 4.84. The molecule has 224 valence electrons. The number of fused-ring (bicyclic) bond motifs is 8. The van der Waals surface area contributed by atoms with Crippen LogP contribution in [-0.4, -0.2) is 9.13 Å². The van der Waals surface area contributed by atoms with Crippen molar-refractivity contribution in [2.75, 3.05) is 0 Å². The van der Waals surface area contributed by atoms with Gasteiger partial charge in [-0.2, -0.15) is 0 Å². The Morgan fingerprint density at radius 2 is 0.978 bits per heavy atom. The normalized spacial score (nSPS) is 11.0. The van der Waals surface area contributed by atoms with E-state index in [1.165, 1.54) is 76.9 Å². The van der Waals surface area contributed by atoms with Crippen molar-refractivity contribution in [3.05, 3.63) is 169 Å². The molecule has 0 unspecified atom stereocenters. The zero-order valence-electron chi connectivity index (χ0n) is 26.9. The maximum absolute atomic E-state index is 2.45. The molecule has 9 rings (SSSR count). The minimum atomic E-state index is 1.18. The topological polar surface area (TPSA) is 9.86 Å². The molecule has 0 bridgehead atoms. The molecule has 2 nitrogen and oxygen atoms in total. The predicted octanol–water partition coefficient (Wildman–Crippen LogP) is 12.4. The summed E-state index contributed by atoms with van der Waals surface area (Å²) in [6.45, 7) is 8.28. The molecule has 2 heteroatoms. The zero-order valence-corrected chi connectivity index (χ0v) is 26.9. The molecule has 0 aliphatic heterocycles. The third-order valence-electron chi connectivity index (χ3n) is 8.65. The van der Waals surface area contributed by atoms with E-state index >= 15 is 0 Å². The van der Waals surface area contributed by atoms with E-state index in [1.807, 2.05) is 13.8 Å². The third-order valence-corrected chi connectivity index (χ3v) is 8.65. The lowest BCUT2D eigenvalue weighted by molar-refractivity contribution is 1.17. The summed E-state index contributed by atoms with van der Waals surface area (Å²) in [4.78, 5) is 0. The second-order valence-corrected chi connectivity index (χ2v) is 11.6. The van der Waals surface area contributed by atoms with Crippen molar-refractivity contribution in [2.45, 2.75) is 27.7 Å². The van der Waals surface area contributed by atoms with Gasteiger partial charge in [-0.25, -0.2) is 0 Å². The molecule has 2 heterocycles. The second-order valence-electron chi connectivity index (χ2n) is 11.6. The van der Waals surface area contributed by atoms with Crippen LogP contribution in [0.2, 0.25) is 0 Å². The first-order valence-electron chi connectivity index (χ1n) is 16.2. The van der Waals surface area contributed by atoms with Crippen LogP contribution in [0.3, 0.4) is 0 Å². The van der Waals surface area contributed by atoms with E-state index in [0.29, 0.717) is 0 Å². The number of nitrogens with zero attached hydrogens (tertiary/aromatic N) is 2. The second kappa shape index (κ2) is 12.4. The SMILES string of the molecule is CC.Cc1ccc2ccccc2c1.Cc1cccc(-n2c3ccccc3c3ccc4c(c5ccccc5n4-c4ccccc4)c32)c1. The molecule has 0 saturated heterocycles. The van der Waals surface area contributed by atoms with Crippen LogP contribution < -0.4 is 0 Å². The van der Waals surface area contributed by atoms with Gasteiger partial charge in [-0.15, -0.1) is 0 Å². The molecule has 2 aromatic heterocycles. The first kappa shape index (κ1) is 29.1. The smallest absolute Gasteiger partial charge is 0.0641 e. The van der Waals surface area contributed by atoms with Crippen molar-refractivity contribution in [1.82, 2.24) is 9.13 Å². The minimum Gasteiger partial charge on any atom is -0.309 e. The number of rotatable bonds is 2. The van der Waals surface area contributed by atoms with Crippen molar-refractivity contribution in [3.8, 4) is 11.4 Å². The van der Waals surface area contributed by atoms with Crippen LogP contribution in [0.1, 0.15) is 25.0 Å². The first-order chi connectivity index (χ1) is 22.7. The summed E-state index contributed by atoms with van der Waals surface area (Å²) in [5.41, 5.74) is 9.93. The monoisotopic (exact) mass is 594 g/mol. The molecule has 0 radical (unpaired) electrons. The maximum atomic E-state index is 2.45. The number of para-hydroxylation sites is 3. The highest BCUT2D eigenvalue weighted by molar-refractivity contribution is 6.26. The highest BCUT2D eigenvalue weighted by Crippen LogP contribution is 2.41. The summed E-state index contributed by atoms with van der Waals surface area (Å²) >= 11 is 0. The fourth-order valence-electron chi connectivity index (χ4n) is 6.71. The van der Waals surface area contributed by atoms with E-state index in [0.717, 1.165) is 0 Å². The number of aromatic nitrogens is 2. The Labute approximate surface area is 270 Å². The van der Waals surface area contributed by atoms with E-state index in [1.54, 1.807) is 0 Å². The van der Waals surface area contributed by atoms with Gasteiger partial charge >= 0.3 is 0 Å². The van der Waals surface area contributed by atoms with Gasteiger partial charge in [0.1, 0.15) is 0 Å². The molecule has 0 N–H and O–H groups in total. The standard InChI is InChI=1S/C31H22N2.C11H10.C2H6/c1-21-10-9-13-23(20-21)33-27-16-7-5-14-24(27)25-18-19-29-30(31(25)33)26-15-6-8-17-28(26)32(29)22-11-3-2-4-12-22;1-9-6-7-10-4-2-3-5-11(10)8-9;1-2/h2-20H,1H3;2-8H,1H3;1-2H3. The average Bonchev–Trinajstić information content (AvgIpc) is 3.63. The van der Waals surface area contributed by atoms with Gasteiger partial charge in [0.05, 0.1) is 22.1 Å². The van der Waals surface area contributed by atoms with E-state index < -0.39 is 0 Å². The molecule has 0 saturated carbocycles. The molecule has 7 aromatic carbocycles. The Morgan fingerprint density at radius 1 is 0.370 bits per heavy atom. The van der Waals surface area contributed by atoms with Gasteiger partial charge in [-0.05, 0) is 72.6 Å². The van der Waals surface area contributed by atoms with Gasteiger partial charge < -0.3 is 9.13 Å². The van der Waals surface area contributed by atoms with Crippen LogP contribution in [0, 0.1) is 13.8 Å². The summed E-state index contributed by atoms with van der Waals surface area (Å²) in [7, 11) is 0. The Morgan fingerprint density at radius 3 is 1.74 bits per heavy atom. The van der Waals surface area contributed by atoms with Crippen molar-refractivity contribution >= 4 is 54.4 Å². The van der Waals surface area contributed by atoms with Crippen molar-refractivity contribution < 1.29 is 0 Å². The van der Waals surface area contributed by atoms with Crippen molar-refractivity contribution in [3.63, 3.8) is 0 Å². The van der Waals surface area contributed by atoms with Gasteiger partial charge in [0.25, 0.3) is 0 Å². The number of hydrogen-bond donors (Lipinski definition) is 0. The number of aryl methyl sites for hydroxylation is 2. The highest BCUT2D eigenvalue weighted by Gasteiger charge is 2.20. The Bertz CT molecular complexity index is 2460. The van der Waals surface area contributed by atoms with Crippen molar-refractivity contribution in [1.29, 1.82) is 0 Å². The van der Waals surface area contributed by atoms with Crippen LogP contribution in [-0.2, 0) is 0 Å². The van der Waals surface area contributed by atoms with E-state index in [9.17, 15) is 0 Å². The molecule has 0 atom stereocenters. The predicted molar refractivity (Wildman–Crippen MR) is 200 cm³/mol. The average molecular weight is 595 g/mol. The quantitative estimate of drug-likeness (QED) is 0.188. The summed E-state index contributed by atoms with van der Waals surface area (Å²) in [5, 5.41) is 7.79. The number of benzene rings is 7. The fourth-order valence-corrected chi connectivity index (χ4v) is 6.71. The maximum Gasteiger partial charge on any atom is 0.0641 e. The summed E-state index contributed by atoms with van der Waals surface area (Å²) in [6, 6.07) is 56.5. The highest BCUT2D eigenvalue weighted by atomic mass is 15.0. The summed E-state index contributed by atoms with van der Waals surface area (Å²) in [6.07, 6.45) is 0. The molecule has 0 aliphatic carbocycles. The lowest BCUT2D eigenvalue weighted by Crippen LogP contribution is -1.95. The Hall–Kier alpha value is -5.60. The third kappa shape index (κ3) is 5.02. The molecule has 46 heavy (non-hydrogen) atoms. The fraction of sp³-hybridized carbons (Fsp3) is 0.0909. The molecule has 0 fully saturated rings. The van der Waals surface area contributed by atoms with Crippen LogP contribution in [0.5, 0.6) is 0 Å². The first-order valence-corrected chi connectivity index (χ1v) is 16.2. The van der Waals surface area contributed by atoms with Crippen LogP contribution in [0.4, 0.5) is 0 Å². The summed E-state index contributed by atoms with van der Waals surface area (Å²) in [5.74, 6) is 0. The van der Waals surface area contributed by atoms with E-state index in [2.05, 4.69) is 181 Å². The van der Waals surface area contributed by atoms with Gasteiger partial charge in [0, 0.05) is 32.9 Å². The molecule has 0 amide bonds. The molecule has 9 aromatic rings. The van der Waals surface area contributed by atoms with Crippen molar-refractivity contribution in [2.24, 2.45) is 0 Å². The van der Waals surface area contributed by atoms with Crippen LogP contribution in [0.15, 0.2) is 158 Å². The van der Waals surface area contributed by atoms with Crippen LogP contribution >= 0.6 is 0 Å². The minimum absolute atomic E-state index is 1.18. The van der Waals surface area contributed by atoms with Gasteiger partial charge in [0.2, 0.25) is 0 Å². The van der Waals surface area contributed by atoms with E-state index in [4.69, 9.17) is 0 Å². The molecule has 0 spiro atoms. The van der Waals surface area contributed by atoms with Gasteiger partial charge in [0.15, 0.2) is 0 Å². The van der Waals surface area contributed by atoms with Gasteiger partial charge in [-0.3, -0.25) is 0 Å². The molecule has 0 aliphatic rings. The Kier molecular flexibility index (Phi) is 7.86. The van der Waals surface area contributed by atoms with Gasteiger partial charge in [-0.1, -0.05) is 135 Å². The lowest BCUT2D eigenvalue weighted by Gasteiger charge is -2.10. The zero-order chi connectivity index (χ0) is 31.6. The Balaban J connectivity index is 0.000000219. The molecular formula is C44H38N2. The lowest BCUT2D eigenvalue weighted by atomic mass is 10.1.